The number of halogens is 3. The molecule has 0 aromatic heterocycles. The molecule has 0 aromatic rings. The first-order valence-corrected chi connectivity index (χ1v) is 5.31. The lowest BCUT2D eigenvalue weighted by Crippen LogP contribution is -2.52. The van der Waals surface area contributed by atoms with Gasteiger partial charge in [0.2, 0.25) is 5.91 Å². The predicted molar refractivity (Wildman–Crippen MR) is 52.4 cm³/mol. The molecular formula is C10H12F3NO4. The van der Waals surface area contributed by atoms with Crippen LogP contribution in [-0.4, -0.2) is 48.4 Å². The van der Waals surface area contributed by atoms with Crippen molar-refractivity contribution in [2.24, 2.45) is 5.92 Å². The molecule has 8 heteroatoms. The number of alkyl halides is 3. The monoisotopic (exact) mass is 267 g/mol. The summed E-state index contributed by atoms with van der Waals surface area (Å²) in [5.74, 6) is -4.67. The zero-order valence-electron chi connectivity index (χ0n) is 9.62. The summed E-state index contributed by atoms with van der Waals surface area (Å²) in [5, 5.41) is 0. The first-order chi connectivity index (χ1) is 8.26. The van der Waals surface area contributed by atoms with Crippen molar-refractivity contribution in [2.45, 2.75) is 19.5 Å². The third-order valence-electron chi connectivity index (χ3n) is 2.40. The number of likely N-dealkylation sites (tertiary alicyclic amines) is 1. The number of hydrogen-bond donors (Lipinski definition) is 0. The third-order valence-corrected chi connectivity index (χ3v) is 2.40. The number of hydrogen-bond acceptors (Lipinski definition) is 4. The molecule has 1 unspecified atom stereocenters. The van der Waals surface area contributed by atoms with Crippen molar-refractivity contribution in [3.05, 3.63) is 0 Å². The summed E-state index contributed by atoms with van der Waals surface area (Å²) in [5.41, 5.74) is 0. The van der Waals surface area contributed by atoms with E-state index in [1.165, 1.54) is 6.92 Å². The average molecular weight is 267 g/mol. The van der Waals surface area contributed by atoms with E-state index in [2.05, 4.69) is 4.74 Å². The second-order valence-corrected chi connectivity index (χ2v) is 3.78. The van der Waals surface area contributed by atoms with E-state index >= 15 is 0 Å². The van der Waals surface area contributed by atoms with Crippen LogP contribution in [0.2, 0.25) is 0 Å². The molecule has 1 aliphatic rings. The summed E-state index contributed by atoms with van der Waals surface area (Å²) in [4.78, 5) is 34.9. The van der Waals surface area contributed by atoms with E-state index < -0.39 is 36.3 Å². The van der Waals surface area contributed by atoms with Gasteiger partial charge in [0.05, 0.1) is 6.61 Å². The topological polar surface area (TPSA) is 63.7 Å². The molecule has 0 saturated carbocycles. The highest BCUT2D eigenvalue weighted by atomic mass is 19.4. The van der Waals surface area contributed by atoms with Gasteiger partial charge >= 0.3 is 12.1 Å². The molecular weight excluding hydrogens is 255 g/mol. The van der Waals surface area contributed by atoms with Crippen molar-refractivity contribution in [2.75, 3.05) is 19.7 Å². The van der Waals surface area contributed by atoms with E-state index in [0.29, 0.717) is 4.90 Å². The van der Waals surface area contributed by atoms with Crippen molar-refractivity contribution in [1.82, 2.24) is 4.90 Å². The number of carbonyl (C=O) groups is 3. The molecule has 0 bridgehead atoms. The number of ether oxygens (including phenoxy) is 1. The normalized spacial score (nSPS) is 21.1. The van der Waals surface area contributed by atoms with Crippen molar-refractivity contribution < 1.29 is 32.3 Å². The van der Waals surface area contributed by atoms with Crippen LogP contribution in [0, 0.1) is 5.92 Å². The number of nitrogens with zero attached hydrogens (tertiary/aromatic N) is 1. The fourth-order valence-electron chi connectivity index (χ4n) is 1.65. The summed E-state index contributed by atoms with van der Waals surface area (Å²) in [7, 11) is 0. The molecule has 0 aromatic carbocycles. The molecule has 1 amide bonds. The third kappa shape index (κ3) is 3.44. The first-order valence-electron chi connectivity index (χ1n) is 5.31. The lowest BCUT2D eigenvalue weighted by atomic mass is 9.95. The van der Waals surface area contributed by atoms with Crippen LogP contribution in [0.5, 0.6) is 0 Å². The highest BCUT2D eigenvalue weighted by Crippen LogP contribution is 2.22. The second-order valence-electron chi connectivity index (χ2n) is 3.78. The van der Waals surface area contributed by atoms with Gasteiger partial charge in [-0.05, 0) is 6.92 Å². The molecule has 102 valence electrons. The molecule has 1 aliphatic heterocycles. The van der Waals surface area contributed by atoms with Gasteiger partial charge in [0.15, 0.2) is 11.7 Å². The Kier molecular flexibility index (Phi) is 4.31. The van der Waals surface area contributed by atoms with E-state index in [1.807, 2.05) is 0 Å². The molecule has 1 rings (SSSR count). The fraction of sp³-hybridized carbons (Fsp3) is 0.700. The van der Waals surface area contributed by atoms with Gasteiger partial charge in [0.25, 0.3) is 0 Å². The van der Waals surface area contributed by atoms with Crippen LogP contribution in [0.25, 0.3) is 0 Å². The molecule has 1 atom stereocenters. The number of ketones is 1. The van der Waals surface area contributed by atoms with Gasteiger partial charge < -0.3 is 9.64 Å². The highest BCUT2D eigenvalue weighted by Gasteiger charge is 2.44. The minimum Gasteiger partial charge on any atom is -0.465 e. The van der Waals surface area contributed by atoms with Crippen LogP contribution in [0.4, 0.5) is 13.2 Å². The Morgan fingerprint density at radius 3 is 2.56 bits per heavy atom. The van der Waals surface area contributed by atoms with Gasteiger partial charge in [-0.25, -0.2) is 0 Å². The minimum absolute atomic E-state index is 0.0465. The standard InChI is InChI=1S/C10H12F3NO4/c1-2-18-9(17)7-6(15)3-4-14(8(7)16)5-10(11,12)13/h7H,2-5H2,1H3. The maximum absolute atomic E-state index is 12.2. The smallest absolute Gasteiger partial charge is 0.406 e. The Hall–Kier alpha value is -1.60. The van der Waals surface area contributed by atoms with Crippen molar-refractivity contribution in [1.29, 1.82) is 0 Å². The lowest BCUT2D eigenvalue weighted by Gasteiger charge is -2.30. The van der Waals surface area contributed by atoms with Gasteiger partial charge in [0.1, 0.15) is 6.54 Å². The summed E-state index contributed by atoms with van der Waals surface area (Å²) >= 11 is 0. The quantitative estimate of drug-likeness (QED) is 0.552. The van der Waals surface area contributed by atoms with Gasteiger partial charge in [-0.2, -0.15) is 13.2 Å². The zero-order chi connectivity index (χ0) is 13.9. The van der Waals surface area contributed by atoms with Gasteiger partial charge in [-0.15, -0.1) is 0 Å². The molecule has 18 heavy (non-hydrogen) atoms. The summed E-state index contributed by atoms with van der Waals surface area (Å²) in [6.07, 6.45) is -4.83. The van der Waals surface area contributed by atoms with Crippen molar-refractivity contribution >= 4 is 17.7 Å². The van der Waals surface area contributed by atoms with Crippen molar-refractivity contribution in [3.63, 3.8) is 0 Å². The molecule has 0 aliphatic carbocycles. The van der Waals surface area contributed by atoms with Gasteiger partial charge in [-0.1, -0.05) is 0 Å². The summed E-state index contributed by atoms with van der Waals surface area (Å²) in [6.45, 7) is -0.361. The summed E-state index contributed by atoms with van der Waals surface area (Å²) < 4.78 is 41.1. The largest absolute Gasteiger partial charge is 0.465 e. The van der Waals surface area contributed by atoms with Crippen LogP contribution < -0.4 is 0 Å². The van der Waals surface area contributed by atoms with E-state index in [4.69, 9.17) is 0 Å². The molecule has 0 N–H and O–H groups in total. The molecule has 0 spiro atoms. The number of carbonyl (C=O) groups excluding carboxylic acids is 3. The first kappa shape index (κ1) is 14.5. The minimum atomic E-state index is -4.56. The van der Waals surface area contributed by atoms with Crippen LogP contribution in [0.3, 0.4) is 0 Å². The van der Waals surface area contributed by atoms with Crippen LogP contribution in [0.15, 0.2) is 0 Å². The van der Waals surface area contributed by atoms with E-state index in [-0.39, 0.29) is 19.6 Å². The van der Waals surface area contributed by atoms with E-state index in [9.17, 15) is 27.6 Å². The van der Waals surface area contributed by atoms with Crippen LogP contribution in [-0.2, 0) is 19.1 Å². The highest BCUT2D eigenvalue weighted by molar-refractivity contribution is 6.17. The maximum atomic E-state index is 12.2. The average Bonchev–Trinajstić information content (AvgIpc) is 2.21. The van der Waals surface area contributed by atoms with E-state index in [1.54, 1.807) is 0 Å². The number of piperidine rings is 1. The van der Waals surface area contributed by atoms with Crippen LogP contribution in [0.1, 0.15) is 13.3 Å². The number of esters is 1. The molecule has 0 radical (unpaired) electrons. The molecule has 1 fully saturated rings. The Balaban J connectivity index is 2.81. The summed E-state index contributed by atoms with van der Waals surface area (Å²) in [6, 6.07) is 0. The second kappa shape index (κ2) is 5.36. The fourth-order valence-corrected chi connectivity index (χ4v) is 1.65. The number of Topliss-reactive ketones (excluding diaryl/α,β-unsaturated/α-hetero) is 1. The maximum Gasteiger partial charge on any atom is 0.406 e. The molecule has 5 nitrogen and oxygen atoms in total. The molecule has 1 heterocycles. The Bertz CT molecular complexity index is 367. The number of amides is 1. The SMILES string of the molecule is CCOC(=O)C1C(=O)CCN(CC(F)(F)F)C1=O. The zero-order valence-corrected chi connectivity index (χ0v) is 9.62. The van der Waals surface area contributed by atoms with E-state index in [0.717, 1.165) is 0 Å². The Labute approximate surface area is 101 Å². The van der Waals surface area contributed by atoms with Gasteiger partial charge in [0, 0.05) is 13.0 Å². The Morgan fingerprint density at radius 1 is 1.44 bits per heavy atom. The van der Waals surface area contributed by atoms with Crippen LogP contribution >= 0.6 is 0 Å². The Morgan fingerprint density at radius 2 is 2.06 bits per heavy atom. The lowest BCUT2D eigenvalue weighted by molar-refractivity contribution is -0.174. The molecule has 1 saturated heterocycles. The van der Waals surface area contributed by atoms with Gasteiger partial charge in [-0.3, -0.25) is 14.4 Å². The predicted octanol–water partition coefficient (Wildman–Crippen LogP) is 0.529. The van der Waals surface area contributed by atoms with Crippen molar-refractivity contribution in [3.8, 4) is 0 Å². The number of rotatable bonds is 3.